The monoisotopic (exact) mass is 451 g/mol. The maximum absolute atomic E-state index is 13.8. The highest BCUT2D eigenvalue weighted by Gasteiger charge is 2.38. The van der Waals surface area contributed by atoms with Gasteiger partial charge in [0.2, 0.25) is 10.0 Å². The smallest absolute Gasteiger partial charge is 0.416 e. The van der Waals surface area contributed by atoms with Crippen LogP contribution in [-0.4, -0.2) is 31.9 Å². The molecule has 2 aromatic carbocycles. The number of hydrogen-bond donors (Lipinski definition) is 0. The first-order valence-electron chi connectivity index (χ1n) is 8.63. The number of benzene rings is 2. The third-order valence-corrected chi connectivity index (χ3v) is 6.46. The van der Waals surface area contributed by atoms with Crippen molar-refractivity contribution in [3.05, 3.63) is 71.1 Å². The minimum Gasteiger partial charge on any atom is -0.485 e. The van der Waals surface area contributed by atoms with Gasteiger partial charge in [0.15, 0.2) is 0 Å². The van der Waals surface area contributed by atoms with Crippen molar-refractivity contribution in [1.29, 1.82) is 10.5 Å². The Hall–Kier alpha value is -3.41. The molecule has 0 aliphatic carbocycles. The van der Waals surface area contributed by atoms with Gasteiger partial charge in [-0.25, -0.2) is 12.8 Å². The highest BCUT2D eigenvalue weighted by atomic mass is 32.2. The molecule has 1 aliphatic rings. The van der Waals surface area contributed by atoms with E-state index in [9.17, 15) is 31.2 Å². The molecular formula is C20H13F4N3O3S. The second kappa shape index (κ2) is 8.02. The molecule has 2 aromatic rings. The molecule has 6 nitrogen and oxygen atoms in total. The van der Waals surface area contributed by atoms with Gasteiger partial charge in [-0.05, 0) is 35.9 Å². The number of sulfonamides is 1. The van der Waals surface area contributed by atoms with Gasteiger partial charge in [0, 0.05) is 12.6 Å². The van der Waals surface area contributed by atoms with Crippen LogP contribution in [0.5, 0.6) is 5.75 Å². The van der Waals surface area contributed by atoms with E-state index in [0.717, 1.165) is 16.4 Å². The van der Waals surface area contributed by atoms with Gasteiger partial charge < -0.3 is 4.74 Å². The second-order valence-electron chi connectivity index (χ2n) is 6.64. The third kappa shape index (κ3) is 4.38. The van der Waals surface area contributed by atoms with E-state index in [-0.39, 0.29) is 24.4 Å². The molecule has 0 amide bonds. The third-order valence-electron chi connectivity index (χ3n) is 4.59. The van der Waals surface area contributed by atoms with Crippen LogP contribution in [-0.2, 0) is 16.2 Å². The summed E-state index contributed by atoms with van der Waals surface area (Å²) in [4.78, 5) is -0.569. The first-order chi connectivity index (χ1) is 14.5. The number of nitriles is 2. The van der Waals surface area contributed by atoms with E-state index in [2.05, 4.69) is 6.58 Å². The molecule has 0 saturated carbocycles. The Kier molecular flexibility index (Phi) is 5.77. The van der Waals surface area contributed by atoms with Crippen LogP contribution in [0.15, 0.2) is 53.4 Å². The van der Waals surface area contributed by atoms with Crippen LogP contribution in [0.3, 0.4) is 0 Å². The van der Waals surface area contributed by atoms with Gasteiger partial charge in [-0.1, -0.05) is 6.58 Å². The molecule has 0 spiro atoms. The van der Waals surface area contributed by atoms with Gasteiger partial charge >= 0.3 is 6.18 Å². The zero-order chi connectivity index (χ0) is 23.0. The number of hydrogen-bond acceptors (Lipinski definition) is 5. The Bertz CT molecular complexity index is 1240. The second-order valence-corrected chi connectivity index (χ2v) is 8.54. The summed E-state index contributed by atoms with van der Waals surface area (Å²) in [5, 5.41) is 18.0. The highest BCUT2D eigenvalue weighted by molar-refractivity contribution is 7.89. The summed E-state index contributed by atoms with van der Waals surface area (Å²) >= 11 is 0. The van der Waals surface area contributed by atoms with Crippen LogP contribution in [0.1, 0.15) is 16.7 Å². The van der Waals surface area contributed by atoms with Crippen molar-refractivity contribution < 1.29 is 30.7 Å². The van der Waals surface area contributed by atoms with Crippen LogP contribution in [0.2, 0.25) is 0 Å². The van der Waals surface area contributed by atoms with Crippen LogP contribution >= 0.6 is 0 Å². The van der Waals surface area contributed by atoms with Crippen molar-refractivity contribution in [2.45, 2.75) is 17.2 Å². The Balaban J connectivity index is 1.86. The lowest BCUT2D eigenvalue weighted by atomic mass is 10.1. The van der Waals surface area contributed by atoms with Crippen molar-refractivity contribution in [1.82, 2.24) is 4.31 Å². The van der Waals surface area contributed by atoms with Gasteiger partial charge in [-0.15, -0.1) is 0 Å². The molecule has 31 heavy (non-hydrogen) atoms. The van der Waals surface area contributed by atoms with Crippen molar-refractivity contribution in [3.8, 4) is 17.9 Å². The summed E-state index contributed by atoms with van der Waals surface area (Å²) < 4.78 is 84.8. The summed E-state index contributed by atoms with van der Waals surface area (Å²) in [7, 11) is -4.34. The Morgan fingerprint density at radius 1 is 1.10 bits per heavy atom. The van der Waals surface area contributed by atoms with Crippen LogP contribution in [0.25, 0.3) is 0 Å². The standard InChI is InChI=1S/C20H13F4N3O3S/c1-12-10-27(11-18(12)30-16-4-2-13(8-25)17(21)7-16)31(28,29)19-5-3-15(20(22,23)24)6-14(19)9-26/h2-7,18H,1,10-11H2. The number of alkyl halides is 3. The molecule has 160 valence electrons. The van der Waals surface area contributed by atoms with Crippen molar-refractivity contribution >= 4 is 10.0 Å². The summed E-state index contributed by atoms with van der Waals surface area (Å²) in [5.41, 5.74) is -1.64. The Morgan fingerprint density at radius 2 is 1.77 bits per heavy atom. The van der Waals surface area contributed by atoms with Gasteiger partial charge in [0.1, 0.15) is 29.8 Å². The van der Waals surface area contributed by atoms with Crippen LogP contribution < -0.4 is 4.74 Å². The minimum absolute atomic E-state index is 0.0501. The lowest BCUT2D eigenvalue weighted by Gasteiger charge is -2.18. The lowest BCUT2D eigenvalue weighted by Crippen LogP contribution is -2.31. The topological polar surface area (TPSA) is 94.2 Å². The number of rotatable bonds is 4. The Labute approximate surface area is 175 Å². The first kappa shape index (κ1) is 22.3. The molecule has 1 aliphatic heterocycles. The van der Waals surface area contributed by atoms with E-state index in [4.69, 9.17) is 10.00 Å². The molecule has 1 unspecified atom stereocenters. The molecule has 0 radical (unpaired) electrons. The van der Waals surface area contributed by atoms with E-state index < -0.39 is 44.1 Å². The van der Waals surface area contributed by atoms with Crippen LogP contribution in [0, 0.1) is 28.5 Å². The van der Waals surface area contributed by atoms with E-state index >= 15 is 0 Å². The predicted octanol–water partition coefficient (Wildman–Crippen LogP) is 3.60. The number of ether oxygens (including phenoxy) is 1. The minimum atomic E-state index is -4.73. The maximum atomic E-state index is 13.8. The molecule has 11 heteroatoms. The average molecular weight is 451 g/mol. The zero-order valence-corrected chi connectivity index (χ0v) is 16.5. The van der Waals surface area contributed by atoms with Gasteiger partial charge in [-0.2, -0.15) is 28.0 Å². The fraction of sp³-hybridized carbons (Fsp3) is 0.200. The van der Waals surface area contributed by atoms with Crippen molar-refractivity contribution in [2.75, 3.05) is 13.1 Å². The fourth-order valence-electron chi connectivity index (χ4n) is 2.99. The normalized spacial score (nSPS) is 17.2. The van der Waals surface area contributed by atoms with Crippen molar-refractivity contribution in [2.24, 2.45) is 0 Å². The zero-order valence-electron chi connectivity index (χ0n) is 15.6. The fourth-order valence-corrected chi connectivity index (χ4v) is 4.56. The largest absolute Gasteiger partial charge is 0.485 e. The summed E-state index contributed by atoms with van der Waals surface area (Å²) in [6, 6.07) is 8.49. The van der Waals surface area contributed by atoms with E-state index in [1.807, 2.05) is 0 Å². The van der Waals surface area contributed by atoms with Gasteiger partial charge in [-0.3, -0.25) is 0 Å². The first-order valence-corrected chi connectivity index (χ1v) is 10.1. The number of nitrogens with zero attached hydrogens (tertiary/aromatic N) is 3. The summed E-state index contributed by atoms with van der Waals surface area (Å²) in [6.07, 6.45) is -5.59. The highest BCUT2D eigenvalue weighted by Crippen LogP contribution is 2.33. The van der Waals surface area contributed by atoms with Gasteiger partial charge in [0.05, 0.1) is 28.1 Å². The lowest BCUT2D eigenvalue weighted by molar-refractivity contribution is -0.137. The van der Waals surface area contributed by atoms with E-state index in [1.54, 1.807) is 6.07 Å². The molecule has 3 rings (SSSR count). The molecule has 1 saturated heterocycles. The molecule has 0 bridgehead atoms. The van der Waals surface area contributed by atoms with Crippen LogP contribution in [0.4, 0.5) is 17.6 Å². The van der Waals surface area contributed by atoms with Gasteiger partial charge in [0.25, 0.3) is 0 Å². The van der Waals surface area contributed by atoms with Crippen molar-refractivity contribution in [3.63, 3.8) is 0 Å². The quantitative estimate of drug-likeness (QED) is 0.523. The van der Waals surface area contributed by atoms with E-state index in [0.29, 0.717) is 17.7 Å². The summed E-state index contributed by atoms with van der Waals surface area (Å²) in [5.74, 6) is -0.759. The Morgan fingerprint density at radius 3 is 2.35 bits per heavy atom. The maximum Gasteiger partial charge on any atom is 0.416 e. The molecule has 0 N–H and O–H groups in total. The molecular weight excluding hydrogens is 438 g/mol. The number of halogens is 4. The SMILES string of the molecule is C=C1CN(S(=O)(=O)c2ccc(C(F)(F)F)cc2C#N)CC1Oc1ccc(C#N)c(F)c1. The molecule has 0 aromatic heterocycles. The predicted molar refractivity (Wildman–Crippen MR) is 99.6 cm³/mol. The molecule has 1 fully saturated rings. The molecule has 1 heterocycles. The average Bonchev–Trinajstić information content (AvgIpc) is 3.08. The summed E-state index contributed by atoms with van der Waals surface area (Å²) in [6.45, 7) is 3.31. The van der Waals surface area contributed by atoms with E-state index in [1.165, 1.54) is 18.2 Å². The molecule has 1 atom stereocenters.